The number of carbonyl (C=O) groups is 1. The Labute approximate surface area is 174 Å². The number of methoxy groups -OCH3 is 1. The highest BCUT2D eigenvalue weighted by molar-refractivity contribution is 5.86. The van der Waals surface area contributed by atoms with Crippen LogP contribution in [0.15, 0.2) is 53.5 Å². The lowest BCUT2D eigenvalue weighted by molar-refractivity contribution is -0.130. The Morgan fingerprint density at radius 3 is 2.52 bits per heavy atom. The number of benzene rings is 2. The van der Waals surface area contributed by atoms with E-state index >= 15 is 0 Å². The number of rotatable bonds is 9. The van der Waals surface area contributed by atoms with Crippen LogP contribution in [0.3, 0.4) is 0 Å². The second-order valence-electron chi connectivity index (χ2n) is 6.80. The maximum atomic E-state index is 12.6. The highest BCUT2D eigenvalue weighted by atomic mass is 16.5. The fourth-order valence-corrected chi connectivity index (χ4v) is 3.02. The molecule has 0 unspecified atom stereocenters. The summed E-state index contributed by atoms with van der Waals surface area (Å²) in [6.07, 6.45) is 0.834. The summed E-state index contributed by atoms with van der Waals surface area (Å²) in [7, 11) is 3.39. The molecule has 0 bridgehead atoms. The van der Waals surface area contributed by atoms with Gasteiger partial charge in [-0.1, -0.05) is 42.5 Å². The number of aliphatic imine (C=N–C) groups is 1. The number of aryl methyl sites for hydroxylation is 1. The Morgan fingerprint density at radius 1 is 1.10 bits per heavy atom. The predicted molar refractivity (Wildman–Crippen MR) is 118 cm³/mol. The third-order valence-electron chi connectivity index (χ3n) is 4.76. The van der Waals surface area contributed by atoms with E-state index in [1.54, 1.807) is 14.2 Å². The Balaban J connectivity index is 1.79. The molecule has 0 saturated carbocycles. The van der Waals surface area contributed by atoms with Crippen molar-refractivity contribution in [3.8, 4) is 5.75 Å². The van der Waals surface area contributed by atoms with E-state index in [2.05, 4.69) is 33.8 Å². The number of guanidine groups is 1. The lowest BCUT2D eigenvalue weighted by atomic mass is 10.1. The molecule has 6 heteroatoms. The average molecular weight is 397 g/mol. The summed E-state index contributed by atoms with van der Waals surface area (Å²) in [5, 5.41) is 6.37. The van der Waals surface area contributed by atoms with Crippen molar-refractivity contribution in [3.05, 3.63) is 65.2 Å². The zero-order chi connectivity index (χ0) is 21.1. The summed E-state index contributed by atoms with van der Waals surface area (Å²) in [5.74, 6) is 1.56. The van der Waals surface area contributed by atoms with Crippen LogP contribution in [0.5, 0.6) is 5.75 Å². The number of amides is 1. The number of ether oxygens (including phenoxy) is 1. The summed E-state index contributed by atoms with van der Waals surface area (Å²) in [4.78, 5) is 18.6. The van der Waals surface area contributed by atoms with Gasteiger partial charge in [-0.05, 0) is 43.0 Å². The molecular weight excluding hydrogens is 364 g/mol. The molecule has 0 aliphatic rings. The van der Waals surface area contributed by atoms with Gasteiger partial charge in [0, 0.05) is 26.7 Å². The van der Waals surface area contributed by atoms with Crippen LogP contribution < -0.4 is 15.4 Å². The summed E-state index contributed by atoms with van der Waals surface area (Å²) in [6.45, 7) is 6.21. The van der Waals surface area contributed by atoms with E-state index in [1.165, 1.54) is 5.56 Å². The topological polar surface area (TPSA) is 66.0 Å². The van der Waals surface area contributed by atoms with Gasteiger partial charge in [0.1, 0.15) is 5.75 Å². The molecule has 2 N–H and O–H groups in total. The van der Waals surface area contributed by atoms with Crippen LogP contribution in [-0.4, -0.2) is 50.6 Å². The smallest absolute Gasteiger partial charge is 0.242 e. The predicted octanol–water partition coefficient (Wildman–Crippen LogP) is 2.76. The maximum absolute atomic E-state index is 12.6. The molecular formula is C23H32N4O2. The number of carbonyl (C=O) groups excluding carboxylic acids is 1. The molecule has 2 aromatic rings. The number of hydrogen-bond acceptors (Lipinski definition) is 3. The number of nitrogens with one attached hydrogen (secondary N) is 2. The second-order valence-corrected chi connectivity index (χ2v) is 6.80. The fourth-order valence-electron chi connectivity index (χ4n) is 3.02. The Kier molecular flexibility index (Phi) is 9.02. The molecule has 0 fully saturated rings. The number of nitrogens with zero attached hydrogens (tertiary/aromatic N) is 2. The first-order valence-corrected chi connectivity index (χ1v) is 9.97. The molecule has 0 spiro atoms. The number of likely N-dealkylation sites (N-methyl/N-ethyl adjacent to an activating group) is 1. The first kappa shape index (κ1) is 22.3. The second kappa shape index (κ2) is 11.7. The van der Waals surface area contributed by atoms with Gasteiger partial charge in [0.2, 0.25) is 5.91 Å². The fraction of sp³-hybridized carbons (Fsp3) is 0.391. The summed E-state index contributed by atoms with van der Waals surface area (Å²) in [5.41, 5.74) is 3.43. The molecule has 0 atom stereocenters. The van der Waals surface area contributed by atoms with Crippen LogP contribution in [0.25, 0.3) is 0 Å². The van der Waals surface area contributed by atoms with Gasteiger partial charge in [-0.25, -0.2) is 0 Å². The average Bonchev–Trinajstić information content (AvgIpc) is 2.75. The van der Waals surface area contributed by atoms with Crippen molar-refractivity contribution in [1.82, 2.24) is 15.5 Å². The molecule has 156 valence electrons. The maximum Gasteiger partial charge on any atom is 0.242 e. The molecule has 0 saturated heterocycles. The van der Waals surface area contributed by atoms with Crippen molar-refractivity contribution in [2.75, 3.05) is 33.8 Å². The van der Waals surface area contributed by atoms with E-state index in [1.807, 2.05) is 49.1 Å². The molecule has 0 aromatic heterocycles. The van der Waals surface area contributed by atoms with E-state index in [0.717, 1.165) is 23.3 Å². The molecule has 0 aliphatic carbocycles. The Hall–Kier alpha value is -3.02. The van der Waals surface area contributed by atoms with Crippen molar-refractivity contribution in [3.63, 3.8) is 0 Å². The molecule has 6 nitrogen and oxygen atoms in total. The monoisotopic (exact) mass is 396 g/mol. The first-order valence-electron chi connectivity index (χ1n) is 9.97. The van der Waals surface area contributed by atoms with E-state index in [9.17, 15) is 4.79 Å². The summed E-state index contributed by atoms with van der Waals surface area (Å²) >= 11 is 0. The molecule has 2 rings (SSSR count). The van der Waals surface area contributed by atoms with Crippen molar-refractivity contribution in [1.29, 1.82) is 0 Å². The molecule has 0 aliphatic heterocycles. The summed E-state index contributed by atoms with van der Waals surface area (Å²) in [6, 6.07) is 16.2. The van der Waals surface area contributed by atoms with Gasteiger partial charge in [-0.15, -0.1) is 0 Å². The van der Waals surface area contributed by atoms with Gasteiger partial charge < -0.3 is 20.3 Å². The van der Waals surface area contributed by atoms with Gasteiger partial charge in [0.05, 0.1) is 13.7 Å². The molecule has 1 amide bonds. The minimum Gasteiger partial charge on any atom is -0.496 e. The van der Waals surface area contributed by atoms with Gasteiger partial charge in [0.15, 0.2) is 5.96 Å². The zero-order valence-electron chi connectivity index (χ0n) is 17.9. The molecule has 2 aromatic carbocycles. The minimum atomic E-state index is 0.0441. The lowest BCUT2D eigenvalue weighted by Crippen LogP contribution is -2.44. The van der Waals surface area contributed by atoms with Gasteiger partial charge in [-0.2, -0.15) is 0 Å². The van der Waals surface area contributed by atoms with Crippen LogP contribution in [0.4, 0.5) is 0 Å². The first-order chi connectivity index (χ1) is 14.1. The van der Waals surface area contributed by atoms with Crippen LogP contribution >= 0.6 is 0 Å². The van der Waals surface area contributed by atoms with Gasteiger partial charge in [0.25, 0.3) is 0 Å². The SMILES string of the molecule is CCN(Cc1ccccc1)C(=O)CNC(=NC)NCCc1ccc(C)c(OC)c1. The molecule has 29 heavy (non-hydrogen) atoms. The Morgan fingerprint density at radius 2 is 1.86 bits per heavy atom. The van der Waals surface area contributed by atoms with E-state index < -0.39 is 0 Å². The zero-order valence-corrected chi connectivity index (χ0v) is 17.9. The van der Waals surface area contributed by atoms with Crippen LogP contribution in [-0.2, 0) is 17.8 Å². The lowest BCUT2D eigenvalue weighted by Gasteiger charge is -2.22. The van der Waals surface area contributed by atoms with Gasteiger partial charge >= 0.3 is 0 Å². The molecule has 0 radical (unpaired) electrons. The van der Waals surface area contributed by atoms with Crippen LogP contribution in [0.1, 0.15) is 23.6 Å². The highest BCUT2D eigenvalue weighted by Crippen LogP contribution is 2.18. The third kappa shape index (κ3) is 7.14. The van der Waals surface area contributed by atoms with Crippen molar-refractivity contribution in [2.24, 2.45) is 4.99 Å². The molecule has 0 heterocycles. The number of hydrogen-bond donors (Lipinski definition) is 2. The van der Waals surface area contributed by atoms with Crippen molar-refractivity contribution in [2.45, 2.75) is 26.8 Å². The van der Waals surface area contributed by atoms with E-state index in [4.69, 9.17) is 4.74 Å². The van der Waals surface area contributed by atoms with Crippen LogP contribution in [0.2, 0.25) is 0 Å². The van der Waals surface area contributed by atoms with E-state index in [0.29, 0.717) is 25.6 Å². The Bertz CT molecular complexity index is 806. The highest BCUT2D eigenvalue weighted by Gasteiger charge is 2.12. The van der Waals surface area contributed by atoms with Gasteiger partial charge in [-0.3, -0.25) is 9.79 Å². The minimum absolute atomic E-state index is 0.0441. The van der Waals surface area contributed by atoms with Crippen molar-refractivity contribution < 1.29 is 9.53 Å². The van der Waals surface area contributed by atoms with Crippen molar-refractivity contribution >= 4 is 11.9 Å². The van der Waals surface area contributed by atoms with Crippen LogP contribution in [0, 0.1) is 6.92 Å². The summed E-state index contributed by atoms with van der Waals surface area (Å²) < 4.78 is 5.38. The quantitative estimate of drug-likeness (QED) is 0.505. The third-order valence-corrected chi connectivity index (χ3v) is 4.76. The van der Waals surface area contributed by atoms with E-state index in [-0.39, 0.29) is 12.5 Å². The largest absolute Gasteiger partial charge is 0.496 e. The standard InChI is InChI=1S/C23H32N4O2/c1-5-27(17-20-9-7-6-8-10-20)22(28)16-26-23(24-3)25-14-13-19-12-11-18(2)21(15-19)29-4/h6-12,15H,5,13-14,16-17H2,1-4H3,(H2,24,25,26). The normalized spacial score (nSPS) is 11.1.